The SMILES string of the molecule is COCc1nc(C(=O)N2CC(O)(c3ccc(F)cc3)C2)no1. The van der Waals surface area contributed by atoms with E-state index in [1.54, 1.807) is 0 Å². The molecule has 3 rings (SSSR count). The van der Waals surface area contributed by atoms with Gasteiger partial charge in [-0.3, -0.25) is 4.79 Å². The molecule has 116 valence electrons. The maximum atomic E-state index is 12.9. The highest BCUT2D eigenvalue weighted by Crippen LogP contribution is 2.32. The Bertz CT molecular complexity index is 680. The Morgan fingerprint density at radius 2 is 2.14 bits per heavy atom. The van der Waals surface area contributed by atoms with Crippen LogP contribution in [-0.2, 0) is 16.9 Å². The summed E-state index contributed by atoms with van der Waals surface area (Å²) < 4.78 is 22.6. The Labute approximate surface area is 125 Å². The maximum absolute atomic E-state index is 12.9. The van der Waals surface area contributed by atoms with Gasteiger partial charge in [0.1, 0.15) is 18.0 Å². The molecule has 0 bridgehead atoms. The highest BCUT2D eigenvalue weighted by molar-refractivity contribution is 5.91. The van der Waals surface area contributed by atoms with Crippen molar-refractivity contribution in [1.29, 1.82) is 0 Å². The minimum absolute atomic E-state index is 0.0757. The zero-order valence-electron chi connectivity index (χ0n) is 11.8. The first-order chi connectivity index (χ1) is 10.5. The number of aromatic nitrogens is 2. The van der Waals surface area contributed by atoms with Gasteiger partial charge in [-0.25, -0.2) is 4.39 Å². The van der Waals surface area contributed by atoms with Gasteiger partial charge in [0.25, 0.3) is 17.6 Å². The number of benzene rings is 1. The van der Waals surface area contributed by atoms with Crippen LogP contribution in [0.2, 0.25) is 0 Å². The predicted molar refractivity (Wildman–Crippen MR) is 71.2 cm³/mol. The molecule has 1 N–H and O–H groups in total. The van der Waals surface area contributed by atoms with Crippen LogP contribution in [0.1, 0.15) is 22.1 Å². The van der Waals surface area contributed by atoms with Gasteiger partial charge in [-0.2, -0.15) is 4.98 Å². The van der Waals surface area contributed by atoms with Crippen molar-refractivity contribution in [1.82, 2.24) is 15.0 Å². The van der Waals surface area contributed by atoms with Crippen molar-refractivity contribution in [3.8, 4) is 0 Å². The van der Waals surface area contributed by atoms with Gasteiger partial charge in [-0.05, 0) is 17.7 Å². The topological polar surface area (TPSA) is 88.7 Å². The van der Waals surface area contributed by atoms with E-state index in [0.717, 1.165) is 0 Å². The monoisotopic (exact) mass is 307 g/mol. The number of methoxy groups -OCH3 is 1. The first kappa shape index (κ1) is 14.6. The number of hydrogen-bond donors (Lipinski definition) is 1. The lowest BCUT2D eigenvalue weighted by atomic mass is 9.86. The van der Waals surface area contributed by atoms with Crippen molar-refractivity contribution >= 4 is 5.91 Å². The number of β-amino-alcohol motifs (C(OH)–C–C–N with tert-alkyl or cyclic N) is 1. The van der Waals surface area contributed by atoms with Crippen molar-refractivity contribution in [2.24, 2.45) is 0 Å². The molecule has 1 aromatic carbocycles. The number of aliphatic hydroxyl groups is 1. The van der Waals surface area contributed by atoms with Crippen LogP contribution in [-0.4, -0.2) is 46.3 Å². The fourth-order valence-electron chi connectivity index (χ4n) is 2.34. The predicted octanol–water partition coefficient (Wildman–Crippen LogP) is 0.699. The third kappa shape index (κ3) is 2.58. The van der Waals surface area contributed by atoms with Crippen LogP contribution in [0.15, 0.2) is 28.8 Å². The van der Waals surface area contributed by atoms with Gasteiger partial charge in [0.15, 0.2) is 0 Å². The Kier molecular flexibility index (Phi) is 3.63. The molecule has 1 fully saturated rings. The van der Waals surface area contributed by atoms with E-state index in [-0.39, 0.29) is 37.2 Å². The molecule has 0 unspecified atom stereocenters. The van der Waals surface area contributed by atoms with Gasteiger partial charge in [0.05, 0.1) is 13.1 Å². The van der Waals surface area contributed by atoms with Crippen LogP contribution in [0.4, 0.5) is 4.39 Å². The van der Waals surface area contributed by atoms with Crippen LogP contribution in [0.5, 0.6) is 0 Å². The molecular formula is C14H14FN3O4. The van der Waals surface area contributed by atoms with Crippen molar-refractivity contribution in [3.05, 3.63) is 47.4 Å². The van der Waals surface area contributed by atoms with Crippen LogP contribution in [0, 0.1) is 5.82 Å². The molecule has 0 saturated carbocycles. The molecule has 8 heteroatoms. The number of likely N-dealkylation sites (tertiary alicyclic amines) is 1. The normalized spacial score (nSPS) is 16.4. The van der Waals surface area contributed by atoms with Crippen molar-refractivity contribution in [2.45, 2.75) is 12.2 Å². The zero-order valence-corrected chi connectivity index (χ0v) is 11.8. The summed E-state index contributed by atoms with van der Waals surface area (Å²) in [5, 5.41) is 14.0. The molecular weight excluding hydrogens is 293 g/mol. The number of rotatable bonds is 4. The number of amides is 1. The molecule has 0 radical (unpaired) electrons. The van der Waals surface area contributed by atoms with Crippen molar-refractivity contribution < 1.29 is 23.6 Å². The number of carbonyl (C=O) groups excluding carboxylic acids is 1. The van der Waals surface area contributed by atoms with Gasteiger partial charge in [0.2, 0.25) is 0 Å². The van der Waals surface area contributed by atoms with E-state index < -0.39 is 11.5 Å². The van der Waals surface area contributed by atoms with Crippen LogP contribution in [0.25, 0.3) is 0 Å². The summed E-state index contributed by atoms with van der Waals surface area (Å²) in [4.78, 5) is 17.5. The van der Waals surface area contributed by atoms with E-state index >= 15 is 0 Å². The smallest absolute Gasteiger partial charge is 0.295 e. The molecule has 0 aliphatic carbocycles. The third-order valence-corrected chi connectivity index (χ3v) is 3.50. The number of carbonyl (C=O) groups is 1. The van der Waals surface area contributed by atoms with Gasteiger partial charge in [-0.1, -0.05) is 17.3 Å². The van der Waals surface area contributed by atoms with E-state index in [4.69, 9.17) is 9.26 Å². The minimum Gasteiger partial charge on any atom is -0.381 e. The minimum atomic E-state index is -1.18. The summed E-state index contributed by atoms with van der Waals surface area (Å²) in [6.45, 7) is 0.303. The fourth-order valence-corrected chi connectivity index (χ4v) is 2.34. The molecule has 1 amide bonds. The highest BCUT2D eigenvalue weighted by Gasteiger charge is 2.46. The van der Waals surface area contributed by atoms with Crippen molar-refractivity contribution in [2.75, 3.05) is 20.2 Å². The van der Waals surface area contributed by atoms with E-state index in [0.29, 0.717) is 5.56 Å². The number of nitrogens with zero attached hydrogens (tertiary/aromatic N) is 3. The second-order valence-corrected chi connectivity index (χ2v) is 5.14. The van der Waals surface area contributed by atoms with E-state index in [9.17, 15) is 14.3 Å². The molecule has 22 heavy (non-hydrogen) atoms. The lowest BCUT2D eigenvalue weighted by Gasteiger charge is -2.46. The average Bonchev–Trinajstić information content (AvgIpc) is 2.93. The second-order valence-electron chi connectivity index (χ2n) is 5.14. The molecule has 1 aromatic heterocycles. The molecule has 2 aromatic rings. The summed E-state index contributed by atoms with van der Waals surface area (Å²) >= 11 is 0. The summed E-state index contributed by atoms with van der Waals surface area (Å²) in [6.07, 6.45) is 0. The van der Waals surface area contributed by atoms with E-state index in [2.05, 4.69) is 10.1 Å². The quantitative estimate of drug-likeness (QED) is 0.894. The lowest BCUT2D eigenvalue weighted by molar-refractivity contribution is -0.0868. The molecule has 1 saturated heterocycles. The average molecular weight is 307 g/mol. The highest BCUT2D eigenvalue weighted by atomic mass is 19.1. The fraction of sp³-hybridized carbons (Fsp3) is 0.357. The van der Waals surface area contributed by atoms with E-state index in [1.807, 2.05) is 0 Å². The Morgan fingerprint density at radius 1 is 1.45 bits per heavy atom. The molecule has 1 aliphatic rings. The van der Waals surface area contributed by atoms with Gasteiger partial charge in [0, 0.05) is 7.11 Å². The molecule has 7 nitrogen and oxygen atoms in total. The maximum Gasteiger partial charge on any atom is 0.295 e. The second kappa shape index (κ2) is 5.47. The number of ether oxygens (including phenoxy) is 1. The molecule has 1 aliphatic heterocycles. The zero-order chi connectivity index (χ0) is 15.7. The standard InChI is InChI=1S/C14H14FN3O4/c1-21-6-11-16-12(17-22-11)13(19)18-7-14(20,8-18)9-2-4-10(15)5-3-9/h2-5,20H,6-8H2,1H3. The Balaban J connectivity index is 1.66. The van der Waals surface area contributed by atoms with E-state index in [1.165, 1.54) is 36.3 Å². The first-order valence-electron chi connectivity index (χ1n) is 6.61. The number of hydrogen-bond acceptors (Lipinski definition) is 6. The van der Waals surface area contributed by atoms with Gasteiger partial charge >= 0.3 is 0 Å². The molecule has 0 spiro atoms. The first-order valence-corrected chi connectivity index (χ1v) is 6.61. The number of halogens is 1. The summed E-state index contributed by atoms with van der Waals surface area (Å²) in [6, 6.07) is 5.55. The van der Waals surface area contributed by atoms with Gasteiger partial charge in [-0.15, -0.1) is 0 Å². The molecule has 0 atom stereocenters. The molecule has 2 heterocycles. The largest absolute Gasteiger partial charge is 0.381 e. The Morgan fingerprint density at radius 3 is 2.77 bits per heavy atom. The summed E-state index contributed by atoms with van der Waals surface area (Å²) in [5.41, 5.74) is -0.617. The Hall–Kier alpha value is -2.32. The van der Waals surface area contributed by atoms with Crippen molar-refractivity contribution in [3.63, 3.8) is 0 Å². The third-order valence-electron chi connectivity index (χ3n) is 3.50. The lowest BCUT2D eigenvalue weighted by Crippen LogP contribution is -2.61. The van der Waals surface area contributed by atoms with Gasteiger partial charge < -0.3 is 19.3 Å². The van der Waals surface area contributed by atoms with Crippen LogP contribution < -0.4 is 0 Å². The summed E-state index contributed by atoms with van der Waals surface area (Å²) in [7, 11) is 1.48. The summed E-state index contributed by atoms with van der Waals surface area (Å²) in [5.74, 6) is -0.677. The van der Waals surface area contributed by atoms with Crippen LogP contribution >= 0.6 is 0 Å². The van der Waals surface area contributed by atoms with Crippen LogP contribution in [0.3, 0.4) is 0 Å².